The Bertz CT molecular complexity index is 1100. The lowest BCUT2D eigenvalue weighted by Gasteiger charge is -2.29. The van der Waals surface area contributed by atoms with Gasteiger partial charge in [-0.05, 0) is 63.6 Å². The lowest BCUT2D eigenvalue weighted by molar-refractivity contribution is -0.141. The summed E-state index contributed by atoms with van der Waals surface area (Å²) < 4.78 is 25.8. The standard InChI is InChI=1S/C24H32N4O5S/c1-15(25-2)22(29)27-19-12-13-34(32,33)21-11-10-20(28(21)24(19)31)23(30)26-14-17-8-5-7-16-6-3-4-9-18(16)17/h3-4,6,9,14-15,17,19-21,25H,5,7-8,10-13H2,1-2H3,(H,27,29)/t15-,17?,19-,20-,21-/m0/s1. The van der Waals surface area contributed by atoms with Crippen molar-refractivity contribution in [1.29, 1.82) is 0 Å². The van der Waals surface area contributed by atoms with E-state index in [1.807, 2.05) is 18.2 Å². The smallest absolute Gasteiger partial charge is 0.268 e. The van der Waals surface area contributed by atoms with Crippen LogP contribution in [0.1, 0.15) is 56.1 Å². The van der Waals surface area contributed by atoms with Gasteiger partial charge in [0.25, 0.3) is 5.91 Å². The minimum absolute atomic E-state index is 0.0145. The summed E-state index contributed by atoms with van der Waals surface area (Å²) in [5, 5.41) is 4.41. The molecule has 34 heavy (non-hydrogen) atoms. The highest BCUT2D eigenvalue weighted by Crippen LogP contribution is 2.34. The first kappa shape index (κ1) is 24.5. The van der Waals surface area contributed by atoms with Gasteiger partial charge >= 0.3 is 0 Å². The quantitative estimate of drug-likeness (QED) is 0.594. The second-order valence-corrected chi connectivity index (χ2v) is 11.6. The molecule has 1 unspecified atom stereocenters. The molecule has 1 aromatic carbocycles. The summed E-state index contributed by atoms with van der Waals surface area (Å²) in [6.07, 6.45) is 4.95. The van der Waals surface area contributed by atoms with E-state index in [9.17, 15) is 22.8 Å². The number of likely N-dealkylation sites (N-methyl/N-ethyl adjacent to an activating group) is 1. The molecule has 0 aromatic heterocycles. The van der Waals surface area contributed by atoms with Crippen LogP contribution in [0, 0.1) is 0 Å². The second kappa shape index (κ2) is 9.95. The number of carbonyl (C=O) groups is 3. The van der Waals surface area contributed by atoms with E-state index in [2.05, 4.69) is 21.7 Å². The van der Waals surface area contributed by atoms with E-state index in [1.165, 1.54) is 10.5 Å². The van der Waals surface area contributed by atoms with E-state index in [4.69, 9.17) is 0 Å². The monoisotopic (exact) mass is 488 g/mol. The van der Waals surface area contributed by atoms with E-state index in [0.29, 0.717) is 0 Å². The van der Waals surface area contributed by atoms with Crippen LogP contribution in [0.25, 0.3) is 0 Å². The first-order valence-electron chi connectivity index (χ1n) is 11.9. The number of amides is 3. The van der Waals surface area contributed by atoms with Gasteiger partial charge in [0.1, 0.15) is 17.5 Å². The van der Waals surface area contributed by atoms with Crippen LogP contribution in [0.3, 0.4) is 0 Å². The molecule has 3 aliphatic rings. The molecule has 4 rings (SSSR count). The molecular formula is C24H32N4O5S. The van der Waals surface area contributed by atoms with Crippen LogP contribution in [-0.4, -0.2) is 73.6 Å². The highest BCUT2D eigenvalue weighted by Gasteiger charge is 2.50. The molecule has 2 aliphatic heterocycles. The van der Waals surface area contributed by atoms with Crippen molar-refractivity contribution < 1.29 is 22.8 Å². The molecule has 1 aromatic rings. The summed E-state index contributed by atoms with van der Waals surface area (Å²) in [6.45, 7) is 1.65. The van der Waals surface area contributed by atoms with Gasteiger partial charge in [-0.1, -0.05) is 24.3 Å². The molecule has 9 nitrogen and oxygen atoms in total. The van der Waals surface area contributed by atoms with Crippen LogP contribution >= 0.6 is 0 Å². The van der Waals surface area contributed by atoms with Crippen molar-refractivity contribution in [1.82, 2.24) is 15.5 Å². The zero-order valence-corrected chi connectivity index (χ0v) is 20.4. The van der Waals surface area contributed by atoms with Crippen molar-refractivity contribution in [3.05, 3.63) is 35.4 Å². The number of rotatable bonds is 5. The Morgan fingerprint density at radius 1 is 1.18 bits per heavy atom. The number of nitrogens with one attached hydrogen (secondary N) is 2. The van der Waals surface area contributed by atoms with Crippen molar-refractivity contribution in [3.8, 4) is 0 Å². The van der Waals surface area contributed by atoms with Crippen LogP contribution in [0.4, 0.5) is 0 Å². The number of aliphatic imine (C=N–C) groups is 1. The highest BCUT2D eigenvalue weighted by molar-refractivity contribution is 7.92. The van der Waals surface area contributed by atoms with E-state index >= 15 is 0 Å². The summed E-state index contributed by atoms with van der Waals surface area (Å²) in [4.78, 5) is 44.2. The van der Waals surface area contributed by atoms with Gasteiger partial charge in [-0.3, -0.25) is 14.4 Å². The molecule has 2 fully saturated rings. The summed E-state index contributed by atoms with van der Waals surface area (Å²) in [5.74, 6) is -1.64. The number of hydrogen-bond acceptors (Lipinski definition) is 6. The molecule has 1 aliphatic carbocycles. The fraction of sp³-hybridized carbons (Fsp3) is 0.583. The predicted octanol–water partition coefficient (Wildman–Crippen LogP) is 0.932. The lowest BCUT2D eigenvalue weighted by Crippen LogP contribution is -2.55. The van der Waals surface area contributed by atoms with Gasteiger partial charge in [0.15, 0.2) is 9.84 Å². The number of carbonyl (C=O) groups excluding carboxylic acids is 3. The zero-order chi connectivity index (χ0) is 24.5. The molecule has 184 valence electrons. The normalized spacial score (nSPS) is 29.2. The van der Waals surface area contributed by atoms with Crippen LogP contribution in [-0.2, 0) is 30.6 Å². The molecule has 0 saturated carbocycles. The first-order valence-corrected chi connectivity index (χ1v) is 13.6. The van der Waals surface area contributed by atoms with Crippen molar-refractivity contribution >= 4 is 33.8 Å². The molecule has 0 spiro atoms. The number of aryl methyl sites for hydroxylation is 1. The second-order valence-electron chi connectivity index (χ2n) is 9.33. The van der Waals surface area contributed by atoms with Gasteiger partial charge in [-0.15, -0.1) is 0 Å². The van der Waals surface area contributed by atoms with Crippen LogP contribution in [0.5, 0.6) is 0 Å². The average molecular weight is 489 g/mol. The Morgan fingerprint density at radius 2 is 1.94 bits per heavy atom. The molecule has 5 atom stereocenters. The van der Waals surface area contributed by atoms with Crippen LogP contribution in [0.2, 0.25) is 0 Å². The molecular weight excluding hydrogens is 456 g/mol. The SMILES string of the molecule is CN[C@@H](C)C(=O)N[C@H]1CCS(=O)(=O)[C@H]2CC[C@@H](C(=O)N=CC3CCCc4ccccc43)N2C1=O. The highest BCUT2D eigenvalue weighted by atomic mass is 32.2. The predicted molar refractivity (Wildman–Crippen MR) is 128 cm³/mol. The Labute approximate surface area is 200 Å². The Balaban J connectivity index is 1.55. The van der Waals surface area contributed by atoms with E-state index in [0.717, 1.165) is 24.8 Å². The minimum Gasteiger partial charge on any atom is -0.343 e. The molecule has 2 heterocycles. The molecule has 10 heteroatoms. The summed E-state index contributed by atoms with van der Waals surface area (Å²) in [6, 6.07) is 5.63. The van der Waals surface area contributed by atoms with Gasteiger partial charge < -0.3 is 15.5 Å². The molecule has 2 saturated heterocycles. The van der Waals surface area contributed by atoms with Crippen molar-refractivity contribution in [2.75, 3.05) is 12.8 Å². The lowest BCUT2D eigenvalue weighted by atomic mass is 9.83. The van der Waals surface area contributed by atoms with E-state index in [-0.39, 0.29) is 30.9 Å². The summed E-state index contributed by atoms with van der Waals surface area (Å²) >= 11 is 0. The Morgan fingerprint density at radius 3 is 2.71 bits per heavy atom. The fourth-order valence-corrected chi connectivity index (χ4v) is 7.08. The maximum Gasteiger partial charge on any atom is 0.268 e. The average Bonchev–Trinajstić information content (AvgIpc) is 3.27. The number of fused-ring (bicyclic) bond motifs is 2. The zero-order valence-electron chi connectivity index (χ0n) is 19.6. The Kier molecular flexibility index (Phi) is 7.18. The van der Waals surface area contributed by atoms with Crippen molar-refractivity contribution in [2.45, 2.75) is 74.9 Å². The minimum atomic E-state index is -3.63. The van der Waals surface area contributed by atoms with Gasteiger partial charge in [0.05, 0.1) is 11.8 Å². The Hall–Kier alpha value is -2.59. The number of nitrogens with zero attached hydrogens (tertiary/aromatic N) is 2. The number of hydrogen-bond donors (Lipinski definition) is 2. The number of benzene rings is 1. The van der Waals surface area contributed by atoms with Crippen molar-refractivity contribution in [3.63, 3.8) is 0 Å². The van der Waals surface area contributed by atoms with Crippen molar-refractivity contribution in [2.24, 2.45) is 4.99 Å². The fourth-order valence-electron chi connectivity index (χ4n) is 5.15. The van der Waals surface area contributed by atoms with Gasteiger partial charge in [0.2, 0.25) is 11.8 Å². The summed E-state index contributed by atoms with van der Waals surface area (Å²) in [5.41, 5.74) is 2.41. The summed E-state index contributed by atoms with van der Waals surface area (Å²) in [7, 11) is -2.01. The van der Waals surface area contributed by atoms with Crippen LogP contribution in [0.15, 0.2) is 29.3 Å². The molecule has 0 bridgehead atoms. The third-order valence-electron chi connectivity index (χ3n) is 7.22. The third kappa shape index (κ3) is 4.79. The molecule has 0 radical (unpaired) electrons. The topological polar surface area (TPSA) is 125 Å². The van der Waals surface area contributed by atoms with Gasteiger partial charge in [0, 0.05) is 12.1 Å². The van der Waals surface area contributed by atoms with Gasteiger partial charge in [-0.2, -0.15) is 0 Å². The largest absolute Gasteiger partial charge is 0.343 e. The van der Waals surface area contributed by atoms with Gasteiger partial charge in [-0.25, -0.2) is 13.4 Å². The van der Waals surface area contributed by atoms with E-state index in [1.54, 1.807) is 20.2 Å². The third-order valence-corrected chi connectivity index (χ3v) is 9.31. The number of sulfone groups is 1. The molecule has 2 N–H and O–H groups in total. The molecule has 3 amide bonds. The first-order chi connectivity index (χ1) is 16.2. The maximum atomic E-state index is 13.4. The van der Waals surface area contributed by atoms with E-state index < -0.39 is 51.1 Å². The van der Waals surface area contributed by atoms with Crippen LogP contribution < -0.4 is 10.6 Å². The maximum absolute atomic E-state index is 13.4.